The van der Waals surface area contributed by atoms with Crippen LogP contribution in [-0.2, 0) is 4.79 Å². The molecular weight excluding hydrogens is 392 g/mol. The molecule has 0 spiro atoms. The third-order valence-electron chi connectivity index (χ3n) is 3.81. The van der Waals surface area contributed by atoms with Crippen LogP contribution in [0.1, 0.15) is 6.42 Å². The first kappa shape index (κ1) is 19.9. The topological polar surface area (TPSA) is 83.1 Å². The van der Waals surface area contributed by atoms with Crippen molar-refractivity contribution in [2.24, 2.45) is 0 Å². The van der Waals surface area contributed by atoms with Crippen molar-refractivity contribution in [3.63, 3.8) is 0 Å². The molecule has 1 aromatic heterocycles. The average molecular weight is 413 g/mol. The third kappa shape index (κ3) is 5.83. The van der Waals surface area contributed by atoms with Gasteiger partial charge >= 0.3 is 6.03 Å². The summed E-state index contributed by atoms with van der Waals surface area (Å²) >= 11 is 3.06. The summed E-state index contributed by atoms with van der Waals surface area (Å²) in [6, 6.07) is 16.9. The van der Waals surface area contributed by atoms with Gasteiger partial charge in [-0.25, -0.2) is 9.78 Å². The van der Waals surface area contributed by atoms with Crippen LogP contribution in [0.3, 0.4) is 0 Å². The number of nitrogens with one attached hydrogen (secondary N) is 3. The maximum absolute atomic E-state index is 12.1. The summed E-state index contributed by atoms with van der Waals surface area (Å²) in [5.74, 6) is -0.196. The number of amides is 3. The molecule has 0 bridgehead atoms. The molecule has 144 valence electrons. The normalized spacial score (nSPS) is 10.3. The smallest absolute Gasteiger partial charge is 0.319 e. The van der Waals surface area contributed by atoms with Crippen LogP contribution in [0.4, 0.5) is 15.6 Å². The lowest BCUT2D eigenvalue weighted by Crippen LogP contribution is -2.31. The van der Waals surface area contributed by atoms with E-state index in [1.165, 1.54) is 16.2 Å². The van der Waals surface area contributed by atoms with Crippen LogP contribution in [-0.4, -0.2) is 29.7 Å². The van der Waals surface area contributed by atoms with Gasteiger partial charge in [0.15, 0.2) is 5.13 Å². The van der Waals surface area contributed by atoms with Gasteiger partial charge < -0.3 is 16.0 Å². The molecule has 0 saturated heterocycles. The van der Waals surface area contributed by atoms with E-state index < -0.39 is 0 Å². The van der Waals surface area contributed by atoms with Crippen molar-refractivity contribution >= 4 is 45.9 Å². The van der Waals surface area contributed by atoms with Crippen LogP contribution >= 0.6 is 23.1 Å². The van der Waals surface area contributed by atoms with Crippen molar-refractivity contribution in [1.29, 1.82) is 0 Å². The van der Waals surface area contributed by atoms with Crippen LogP contribution < -0.4 is 16.0 Å². The van der Waals surface area contributed by atoms with Gasteiger partial charge in [-0.3, -0.25) is 4.79 Å². The number of aromatic nitrogens is 1. The number of thiazole rings is 1. The van der Waals surface area contributed by atoms with E-state index in [1.54, 1.807) is 23.9 Å². The second-order valence-electron chi connectivity index (χ2n) is 5.81. The monoisotopic (exact) mass is 412 g/mol. The number of carbonyl (C=O) groups is 2. The van der Waals surface area contributed by atoms with Crippen LogP contribution in [0.5, 0.6) is 0 Å². The molecule has 0 saturated carbocycles. The summed E-state index contributed by atoms with van der Waals surface area (Å²) in [4.78, 5) is 29.5. The number of hydrogen-bond acceptors (Lipinski definition) is 5. The number of hydrogen-bond donors (Lipinski definition) is 3. The minimum Gasteiger partial charge on any atom is -0.337 e. The molecule has 0 atom stereocenters. The number of anilines is 2. The Labute approximate surface area is 171 Å². The van der Waals surface area contributed by atoms with Gasteiger partial charge in [0.2, 0.25) is 5.91 Å². The molecule has 3 rings (SSSR count). The van der Waals surface area contributed by atoms with E-state index >= 15 is 0 Å². The number of thioether (sulfide) groups is 1. The summed E-state index contributed by atoms with van der Waals surface area (Å²) in [6.07, 6.45) is 2.20. The minimum absolute atomic E-state index is 0.166. The summed E-state index contributed by atoms with van der Waals surface area (Å²) in [5, 5.41) is 10.6. The SMILES string of the molecule is CSc1ccc(-c2csc(NC(=O)CCNC(=O)Nc3ccccc3)n2)cc1. The Kier molecular flexibility index (Phi) is 7.05. The van der Waals surface area contributed by atoms with E-state index in [0.717, 1.165) is 11.3 Å². The first-order chi connectivity index (χ1) is 13.6. The van der Waals surface area contributed by atoms with E-state index in [4.69, 9.17) is 0 Å². The highest BCUT2D eigenvalue weighted by Gasteiger charge is 2.09. The number of benzene rings is 2. The molecule has 2 aromatic carbocycles. The van der Waals surface area contributed by atoms with Gasteiger partial charge in [0.05, 0.1) is 5.69 Å². The number of nitrogens with zero attached hydrogens (tertiary/aromatic N) is 1. The average Bonchev–Trinajstić information content (AvgIpc) is 3.17. The van der Waals surface area contributed by atoms with Gasteiger partial charge in [-0.15, -0.1) is 23.1 Å². The fourth-order valence-corrected chi connectivity index (χ4v) is 3.54. The van der Waals surface area contributed by atoms with E-state index in [0.29, 0.717) is 10.8 Å². The van der Waals surface area contributed by atoms with Crippen molar-refractivity contribution in [3.8, 4) is 11.3 Å². The van der Waals surface area contributed by atoms with Gasteiger partial charge in [0, 0.05) is 34.5 Å². The Morgan fingerprint density at radius 1 is 1.04 bits per heavy atom. The Balaban J connectivity index is 1.43. The maximum Gasteiger partial charge on any atom is 0.319 e. The van der Waals surface area contributed by atoms with Crippen LogP contribution in [0.15, 0.2) is 64.9 Å². The van der Waals surface area contributed by atoms with E-state index in [-0.39, 0.29) is 24.9 Å². The Morgan fingerprint density at radius 3 is 2.50 bits per heavy atom. The van der Waals surface area contributed by atoms with Crippen LogP contribution in [0, 0.1) is 0 Å². The van der Waals surface area contributed by atoms with Crippen molar-refractivity contribution in [3.05, 3.63) is 60.0 Å². The molecule has 3 amide bonds. The standard InChI is InChI=1S/C20H20N4O2S2/c1-27-16-9-7-14(8-10-16)17-13-28-20(23-17)24-18(25)11-12-21-19(26)22-15-5-3-2-4-6-15/h2-10,13H,11-12H2,1H3,(H2,21,22,26)(H,23,24,25). The second kappa shape index (κ2) is 9.91. The predicted molar refractivity (Wildman–Crippen MR) is 116 cm³/mol. The van der Waals surface area contributed by atoms with E-state index in [1.807, 2.05) is 54.1 Å². The van der Waals surface area contributed by atoms with Gasteiger partial charge in [-0.1, -0.05) is 30.3 Å². The molecule has 8 heteroatoms. The highest BCUT2D eigenvalue weighted by molar-refractivity contribution is 7.98. The molecule has 0 aliphatic rings. The molecule has 6 nitrogen and oxygen atoms in total. The molecular formula is C20H20N4O2S2. The molecule has 3 N–H and O–H groups in total. The first-order valence-electron chi connectivity index (χ1n) is 8.64. The highest BCUT2D eigenvalue weighted by atomic mass is 32.2. The zero-order valence-corrected chi connectivity index (χ0v) is 16.9. The van der Waals surface area contributed by atoms with E-state index in [2.05, 4.69) is 20.9 Å². The molecule has 0 aliphatic carbocycles. The quantitative estimate of drug-likeness (QED) is 0.492. The Morgan fingerprint density at radius 2 is 1.79 bits per heavy atom. The highest BCUT2D eigenvalue weighted by Crippen LogP contribution is 2.26. The number of carbonyl (C=O) groups excluding carboxylic acids is 2. The van der Waals surface area contributed by atoms with Crippen LogP contribution in [0.25, 0.3) is 11.3 Å². The van der Waals surface area contributed by atoms with Gasteiger partial charge in [-0.2, -0.15) is 0 Å². The zero-order valence-electron chi connectivity index (χ0n) is 15.3. The van der Waals surface area contributed by atoms with Gasteiger partial charge in [0.1, 0.15) is 0 Å². The van der Waals surface area contributed by atoms with Crippen molar-refractivity contribution in [2.45, 2.75) is 11.3 Å². The molecule has 28 heavy (non-hydrogen) atoms. The predicted octanol–water partition coefficient (Wildman–Crippen LogP) is 4.68. The Bertz CT molecular complexity index is 927. The van der Waals surface area contributed by atoms with Crippen molar-refractivity contribution in [1.82, 2.24) is 10.3 Å². The number of urea groups is 1. The summed E-state index contributed by atoms with van der Waals surface area (Å²) < 4.78 is 0. The summed E-state index contributed by atoms with van der Waals surface area (Å²) in [7, 11) is 0. The van der Waals surface area contributed by atoms with Crippen LogP contribution in [0.2, 0.25) is 0 Å². The zero-order chi connectivity index (χ0) is 19.8. The molecule has 1 heterocycles. The maximum atomic E-state index is 12.1. The fourth-order valence-electron chi connectivity index (χ4n) is 2.39. The van der Waals surface area contributed by atoms with Crippen molar-refractivity contribution in [2.75, 3.05) is 23.4 Å². The summed E-state index contributed by atoms with van der Waals surface area (Å²) in [6.45, 7) is 0.235. The largest absolute Gasteiger partial charge is 0.337 e. The first-order valence-corrected chi connectivity index (χ1v) is 10.7. The van der Waals surface area contributed by atoms with Crippen molar-refractivity contribution < 1.29 is 9.59 Å². The summed E-state index contributed by atoms with van der Waals surface area (Å²) in [5.41, 5.74) is 2.53. The molecule has 0 radical (unpaired) electrons. The number of rotatable bonds is 7. The number of para-hydroxylation sites is 1. The molecule has 0 aliphatic heterocycles. The second-order valence-corrected chi connectivity index (χ2v) is 7.55. The third-order valence-corrected chi connectivity index (χ3v) is 5.31. The lowest BCUT2D eigenvalue weighted by Gasteiger charge is -2.07. The van der Waals surface area contributed by atoms with Gasteiger partial charge in [-0.05, 0) is 30.5 Å². The molecule has 0 fully saturated rings. The minimum atomic E-state index is -0.343. The van der Waals surface area contributed by atoms with Gasteiger partial charge in [0.25, 0.3) is 0 Å². The fraction of sp³-hybridized carbons (Fsp3) is 0.150. The Hall–Kier alpha value is -2.84. The molecule has 3 aromatic rings. The lowest BCUT2D eigenvalue weighted by molar-refractivity contribution is -0.116. The van der Waals surface area contributed by atoms with E-state index in [9.17, 15) is 9.59 Å². The lowest BCUT2D eigenvalue weighted by atomic mass is 10.2. The molecule has 0 unspecified atom stereocenters.